The van der Waals surface area contributed by atoms with Gasteiger partial charge in [-0.15, -0.1) is 0 Å². The molecule has 1 N–H and O–H groups in total. The molecule has 0 unspecified atom stereocenters. The Kier molecular flexibility index (Phi) is 7.57. The normalized spacial score (nSPS) is 14.7. The molecule has 29 heavy (non-hydrogen) atoms. The average Bonchev–Trinajstić information content (AvgIpc) is 2.59. The first kappa shape index (κ1) is 24.6. The van der Waals surface area contributed by atoms with Gasteiger partial charge >= 0.3 is 0 Å². The fourth-order valence-electron chi connectivity index (χ4n) is 2.43. The summed E-state index contributed by atoms with van der Waals surface area (Å²) in [5, 5.41) is 10.6. The predicted octanol–water partition coefficient (Wildman–Crippen LogP) is 7.19. The van der Waals surface area contributed by atoms with Gasteiger partial charge in [0, 0.05) is 17.3 Å². The molecule has 0 aliphatic heterocycles. The highest BCUT2D eigenvalue weighted by Crippen LogP contribution is 2.37. The van der Waals surface area contributed by atoms with E-state index in [2.05, 4.69) is 11.6 Å². The fraction of sp³-hybridized carbons (Fsp3) is 0.409. The Hall–Kier alpha value is -2.44. The highest BCUT2D eigenvalue weighted by atomic mass is 19.2. The predicted molar refractivity (Wildman–Crippen MR) is 107 cm³/mol. The molecular formula is C22H26F5NO. The molecule has 1 rings (SSSR count). The van der Waals surface area contributed by atoms with Gasteiger partial charge in [0.1, 0.15) is 18.1 Å². The number of hydrogen-bond donors (Lipinski definition) is 1. The van der Waals surface area contributed by atoms with Gasteiger partial charge in [0.25, 0.3) is 0 Å². The van der Waals surface area contributed by atoms with Crippen LogP contribution in [0.1, 0.15) is 58.2 Å². The minimum atomic E-state index is -2.08. The molecule has 0 radical (unpaired) electrons. The monoisotopic (exact) mass is 415 g/mol. The molecule has 0 fully saturated rings. The molecule has 0 saturated carbocycles. The second-order valence-electron chi connectivity index (χ2n) is 8.64. The number of rotatable bonds is 5. The molecule has 160 valence electrons. The lowest BCUT2D eigenvalue weighted by molar-refractivity contribution is 0.442. The van der Waals surface area contributed by atoms with Gasteiger partial charge in [-0.05, 0) is 22.5 Å². The lowest BCUT2D eigenvalue weighted by Crippen LogP contribution is -2.17. The number of nitrogens with zero attached hydrogens (tertiary/aromatic N) is 1. The van der Waals surface area contributed by atoms with Crippen LogP contribution in [0.15, 0.2) is 52.7 Å². The number of phenols is 1. The molecule has 0 aliphatic rings. The number of alkyl halides is 1. The number of phenolic OH excluding ortho intramolecular Hbond substituents is 1. The first-order valence-electron chi connectivity index (χ1n) is 8.88. The van der Waals surface area contributed by atoms with Crippen molar-refractivity contribution in [3.8, 4) is 5.75 Å². The third-order valence-electron chi connectivity index (χ3n) is 4.16. The Balaban J connectivity index is 3.71. The third-order valence-corrected chi connectivity index (χ3v) is 4.16. The molecule has 0 bridgehead atoms. The van der Waals surface area contributed by atoms with Crippen LogP contribution in [0.25, 0.3) is 0 Å². The highest BCUT2D eigenvalue weighted by Gasteiger charge is 2.25. The molecule has 0 saturated heterocycles. The molecule has 0 atom stereocenters. The zero-order valence-electron chi connectivity index (χ0n) is 17.4. The molecule has 0 spiro atoms. The summed E-state index contributed by atoms with van der Waals surface area (Å²) in [6.45, 7) is 12.2. The largest absolute Gasteiger partial charge is 0.507 e. The minimum Gasteiger partial charge on any atom is -0.507 e. The summed E-state index contributed by atoms with van der Waals surface area (Å²) < 4.78 is 66.9. The summed E-state index contributed by atoms with van der Waals surface area (Å²) in [5.74, 6) is -7.80. The van der Waals surface area contributed by atoms with Crippen LogP contribution in [-0.4, -0.2) is 18.0 Å². The van der Waals surface area contributed by atoms with Gasteiger partial charge in [-0.1, -0.05) is 54.2 Å². The summed E-state index contributed by atoms with van der Waals surface area (Å²) in [4.78, 5) is 3.47. The van der Waals surface area contributed by atoms with Gasteiger partial charge < -0.3 is 5.11 Å². The summed E-state index contributed by atoms with van der Waals surface area (Å²) in [5.41, 5.74) is -0.692. The Labute approximate surface area is 168 Å². The van der Waals surface area contributed by atoms with E-state index in [-0.39, 0.29) is 16.7 Å². The molecule has 0 heterocycles. The third kappa shape index (κ3) is 6.02. The SMILES string of the molecule is C=C(F)/C(F)=C(/F)C(/N=C/c1cc(C(C)(C)C)cc(C(C)(C)C)c1O)=C(F)CF. The van der Waals surface area contributed by atoms with Gasteiger partial charge in [0.05, 0.1) is 0 Å². The topological polar surface area (TPSA) is 32.6 Å². The van der Waals surface area contributed by atoms with E-state index in [0.717, 1.165) is 11.8 Å². The van der Waals surface area contributed by atoms with Crippen LogP contribution >= 0.6 is 0 Å². The average molecular weight is 415 g/mol. The molecule has 1 aromatic carbocycles. The van der Waals surface area contributed by atoms with Gasteiger partial charge in [0.2, 0.25) is 0 Å². The van der Waals surface area contributed by atoms with Crippen molar-refractivity contribution >= 4 is 6.21 Å². The van der Waals surface area contributed by atoms with Crippen LogP contribution in [-0.2, 0) is 10.8 Å². The molecular weight excluding hydrogens is 389 g/mol. The van der Waals surface area contributed by atoms with Gasteiger partial charge in [0.15, 0.2) is 23.3 Å². The Morgan fingerprint density at radius 1 is 1.00 bits per heavy atom. The van der Waals surface area contributed by atoms with Crippen molar-refractivity contribution in [2.24, 2.45) is 4.99 Å². The summed E-state index contributed by atoms with van der Waals surface area (Å²) in [7, 11) is 0. The van der Waals surface area contributed by atoms with Crippen molar-refractivity contribution in [3.63, 3.8) is 0 Å². The fourth-order valence-corrected chi connectivity index (χ4v) is 2.43. The van der Waals surface area contributed by atoms with Gasteiger partial charge in [-0.2, -0.15) is 0 Å². The van der Waals surface area contributed by atoms with E-state index in [1.54, 1.807) is 6.07 Å². The number of hydrogen-bond acceptors (Lipinski definition) is 2. The molecule has 7 heteroatoms. The highest BCUT2D eigenvalue weighted by molar-refractivity contribution is 5.86. The Bertz CT molecular complexity index is 884. The van der Waals surface area contributed by atoms with Crippen LogP contribution in [0, 0.1) is 0 Å². The van der Waals surface area contributed by atoms with E-state index in [9.17, 15) is 27.1 Å². The quantitative estimate of drug-likeness (QED) is 0.308. The van der Waals surface area contributed by atoms with Crippen LogP contribution in [0.2, 0.25) is 0 Å². The Morgan fingerprint density at radius 2 is 1.55 bits per heavy atom. The van der Waals surface area contributed by atoms with Crippen molar-refractivity contribution in [1.29, 1.82) is 0 Å². The van der Waals surface area contributed by atoms with E-state index in [4.69, 9.17) is 0 Å². The number of aromatic hydroxyl groups is 1. The first-order valence-corrected chi connectivity index (χ1v) is 8.88. The maximum Gasteiger partial charge on any atom is 0.196 e. The van der Waals surface area contributed by atoms with E-state index in [1.165, 1.54) is 0 Å². The van der Waals surface area contributed by atoms with Crippen LogP contribution in [0.3, 0.4) is 0 Å². The molecule has 2 nitrogen and oxygen atoms in total. The number of aliphatic imine (C=N–C) groups is 1. The first-order chi connectivity index (χ1) is 13.1. The lowest BCUT2D eigenvalue weighted by atomic mass is 9.79. The zero-order chi connectivity index (χ0) is 22.7. The molecule has 0 aromatic heterocycles. The second-order valence-corrected chi connectivity index (χ2v) is 8.64. The van der Waals surface area contributed by atoms with Crippen LogP contribution in [0.4, 0.5) is 22.0 Å². The van der Waals surface area contributed by atoms with Crippen molar-refractivity contribution in [2.75, 3.05) is 6.67 Å². The maximum atomic E-state index is 14.1. The lowest BCUT2D eigenvalue weighted by Gasteiger charge is -2.27. The molecule has 0 amide bonds. The summed E-state index contributed by atoms with van der Waals surface area (Å²) >= 11 is 0. The van der Waals surface area contributed by atoms with E-state index >= 15 is 0 Å². The van der Waals surface area contributed by atoms with E-state index in [0.29, 0.717) is 5.56 Å². The maximum absolute atomic E-state index is 14.1. The number of halogens is 5. The van der Waals surface area contributed by atoms with Crippen molar-refractivity contribution in [3.05, 3.63) is 64.4 Å². The summed E-state index contributed by atoms with van der Waals surface area (Å²) in [6.07, 6.45) is 0.887. The van der Waals surface area contributed by atoms with Gasteiger partial charge in [-0.25, -0.2) is 22.0 Å². The summed E-state index contributed by atoms with van der Waals surface area (Å²) in [6, 6.07) is 3.38. The second kappa shape index (κ2) is 8.93. The van der Waals surface area contributed by atoms with Crippen molar-refractivity contribution in [2.45, 2.75) is 52.4 Å². The van der Waals surface area contributed by atoms with Gasteiger partial charge in [-0.3, -0.25) is 4.99 Å². The zero-order valence-corrected chi connectivity index (χ0v) is 17.4. The number of benzene rings is 1. The molecule has 1 aromatic rings. The number of allylic oxidation sites excluding steroid dienone is 4. The van der Waals surface area contributed by atoms with Crippen LogP contribution in [0.5, 0.6) is 5.75 Å². The van der Waals surface area contributed by atoms with E-state index in [1.807, 2.05) is 47.6 Å². The van der Waals surface area contributed by atoms with Crippen molar-refractivity contribution in [1.82, 2.24) is 0 Å². The van der Waals surface area contributed by atoms with Crippen LogP contribution < -0.4 is 0 Å². The standard InChI is InChI=1S/C22H26F5NO/c1-12(24)17(26)18(27)19(16(25)10-23)28-11-13-8-14(21(2,3)4)9-15(20(13)29)22(5,6)7/h8-9,11,29H,1,10H2,2-7H3/b18-17-,19-16?,28-11+. The smallest absolute Gasteiger partial charge is 0.196 e. The van der Waals surface area contributed by atoms with E-state index < -0.39 is 41.1 Å². The molecule has 0 aliphatic carbocycles. The Morgan fingerprint density at radius 3 is 1.97 bits per heavy atom. The van der Waals surface area contributed by atoms with Crippen molar-refractivity contribution < 1.29 is 27.1 Å². The minimum absolute atomic E-state index is 0.0961.